The summed E-state index contributed by atoms with van der Waals surface area (Å²) >= 11 is 0. The summed E-state index contributed by atoms with van der Waals surface area (Å²) in [5.41, 5.74) is 6.64. The SMILES string of the molecule is CCOc1cccc(-c2n[nH]c(C(C)N)n2)c1. The van der Waals surface area contributed by atoms with Gasteiger partial charge in [0.15, 0.2) is 5.82 Å². The molecule has 0 amide bonds. The van der Waals surface area contributed by atoms with Gasteiger partial charge in [-0.25, -0.2) is 4.98 Å². The number of rotatable bonds is 4. The first-order valence-electron chi connectivity index (χ1n) is 5.62. The Balaban J connectivity index is 2.28. The van der Waals surface area contributed by atoms with Crippen molar-refractivity contribution in [2.45, 2.75) is 19.9 Å². The van der Waals surface area contributed by atoms with Crippen molar-refractivity contribution in [2.24, 2.45) is 5.73 Å². The number of nitrogens with one attached hydrogen (secondary N) is 1. The highest BCUT2D eigenvalue weighted by atomic mass is 16.5. The maximum absolute atomic E-state index is 5.72. The third-order valence-corrected chi connectivity index (χ3v) is 2.34. The predicted octanol–water partition coefficient (Wildman–Crippen LogP) is 1.89. The summed E-state index contributed by atoms with van der Waals surface area (Å²) in [4.78, 5) is 4.33. The molecule has 0 aliphatic rings. The molecule has 0 bridgehead atoms. The van der Waals surface area contributed by atoms with E-state index in [1.807, 2.05) is 38.1 Å². The number of benzene rings is 1. The molecule has 1 heterocycles. The topological polar surface area (TPSA) is 76.8 Å². The molecule has 5 heteroatoms. The van der Waals surface area contributed by atoms with Crippen LogP contribution >= 0.6 is 0 Å². The van der Waals surface area contributed by atoms with E-state index in [0.717, 1.165) is 11.3 Å². The zero-order valence-corrected chi connectivity index (χ0v) is 9.97. The number of H-pyrrole nitrogens is 1. The molecular formula is C12H16N4O. The van der Waals surface area contributed by atoms with Gasteiger partial charge in [0.2, 0.25) is 0 Å². The first-order valence-corrected chi connectivity index (χ1v) is 5.62. The third-order valence-electron chi connectivity index (χ3n) is 2.34. The predicted molar refractivity (Wildman–Crippen MR) is 65.6 cm³/mol. The second kappa shape index (κ2) is 4.97. The molecule has 1 aromatic carbocycles. The summed E-state index contributed by atoms with van der Waals surface area (Å²) in [5.74, 6) is 2.14. The van der Waals surface area contributed by atoms with E-state index in [4.69, 9.17) is 10.5 Å². The molecular weight excluding hydrogens is 216 g/mol. The number of hydrogen-bond donors (Lipinski definition) is 2. The van der Waals surface area contributed by atoms with Crippen molar-refractivity contribution in [2.75, 3.05) is 6.61 Å². The average Bonchev–Trinajstić information content (AvgIpc) is 2.79. The lowest BCUT2D eigenvalue weighted by atomic mass is 10.2. The Morgan fingerprint density at radius 1 is 1.47 bits per heavy atom. The maximum Gasteiger partial charge on any atom is 0.181 e. The van der Waals surface area contributed by atoms with Crippen molar-refractivity contribution in [1.82, 2.24) is 15.2 Å². The molecule has 2 aromatic rings. The Bertz CT molecular complexity index is 493. The van der Waals surface area contributed by atoms with Gasteiger partial charge in [-0.2, -0.15) is 5.10 Å². The van der Waals surface area contributed by atoms with Crippen molar-refractivity contribution in [1.29, 1.82) is 0 Å². The van der Waals surface area contributed by atoms with Crippen molar-refractivity contribution in [3.8, 4) is 17.1 Å². The van der Waals surface area contributed by atoms with Gasteiger partial charge in [0.1, 0.15) is 11.6 Å². The second-order valence-corrected chi connectivity index (χ2v) is 3.79. The van der Waals surface area contributed by atoms with Gasteiger partial charge in [-0.05, 0) is 26.0 Å². The average molecular weight is 232 g/mol. The van der Waals surface area contributed by atoms with Crippen LogP contribution in [0.5, 0.6) is 5.75 Å². The molecule has 3 N–H and O–H groups in total. The Labute approximate surface area is 100 Å². The summed E-state index contributed by atoms with van der Waals surface area (Å²) in [5, 5.41) is 6.97. The number of nitrogens with zero attached hydrogens (tertiary/aromatic N) is 2. The number of nitrogens with two attached hydrogens (primary N) is 1. The van der Waals surface area contributed by atoms with Gasteiger partial charge in [0, 0.05) is 5.56 Å². The van der Waals surface area contributed by atoms with E-state index in [2.05, 4.69) is 15.2 Å². The van der Waals surface area contributed by atoms with Crippen LogP contribution in [0.15, 0.2) is 24.3 Å². The molecule has 90 valence electrons. The van der Waals surface area contributed by atoms with E-state index in [-0.39, 0.29) is 6.04 Å². The van der Waals surface area contributed by atoms with Crippen LogP contribution in [-0.2, 0) is 0 Å². The van der Waals surface area contributed by atoms with Gasteiger partial charge in [-0.3, -0.25) is 5.10 Å². The van der Waals surface area contributed by atoms with Crippen LogP contribution in [0.25, 0.3) is 11.4 Å². The highest BCUT2D eigenvalue weighted by Crippen LogP contribution is 2.21. The van der Waals surface area contributed by atoms with Gasteiger partial charge in [-0.15, -0.1) is 0 Å². The lowest BCUT2D eigenvalue weighted by molar-refractivity contribution is 0.340. The molecule has 1 atom stereocenters. The van der Waals surface area contributed by atoms with Gasteiger partial charge in [0.05, 0.1) is 12.6 Å². The van der Waals surface area contributed by atoms with Crippen molar-refractivity contribution < 1.29 is 4.74 Å². The Kier molecular flexibility index (Phi) is 3.39. The van der Waals surface area contributed by atoms with Crippen LogP contribution in [-0.4, -0.2) is 21.8 Å². The molecule has 0 radical (unpaired) electrons. The van der Waals surface area contributed by atoms with Gasteiger partial charge < -0.3 is 10.5 Å². The van der Waals surface area contributed by atoms with Crippen LogP contribution < -0.4 is 10.5 Å². The van der Waals surface area contributed by atoms with Gasteiger partial charge in [-0.1, -0.05) is 12.1 Å². The van der Waals surface area contributed by atoms with Gasteiger partial charge >= 0.3 is 0 Å². The second-order valence-electron chi connectivity index (χ2n) is 3.79. The molecule has 1 aromatic heterocycles. The molecule has 17 heavy (non-hydrogen) atoms. The van der Waals surface area contributed by atoms with E-state index >= 15 is 0 Å². The minimum Gasteiger partial charge on any atom is -0.494 e. The summed E-state index contributed by atoms with van der Waals surface area (Å²) in [6.07, 6.45) is 0. The Hall–Kier alpha value is -1.88. The quantitative estimate of drug-likeness (QED) is 0.844. The molecule has 0 spiro atoms. The first-order chi connectivity index (χ1) is 8.20. The van der Waals surface area contributed by atoms with Crippen molar-refractivity contribution in [3.05, 3.63) is 30.1 Å². The molecule has 0 saturated heterocycles. The lowest BCUT2D eigenvalue weighted by Gasteiger charge is -2.03. The zero-order chi connectivity index (χ0) is 12.3. The Morgan fingerprint density at radius 2 is 2.29 bits per heavy atom. The fraction of sp³-hybridized carbons (Fsp3) is 0.333. The molecule has 2 rings (SSSR count). The maximum atomic E-state index is 5.72. The molecule has 5 nitrogen and oxygen atoms in total. The molecule has 1 unspecified atom stereocenters. The molecule has 0 saturated carbocycles. The molecule has 0 aliphatic heterocycles. The largest absolute Gasteiger partial charge is 0.494 e. The minimum absolute atomic E-state index is 0.147. The van der Waals surface area contributed by atoms with Crippen LogP contribution in [0.3, 0.4) is 0 Å². The Morgan fingerprint density at radius 3 is 2.94 bits per heavy atom. The normalized spacial score (nSPS) is 12.4. The zero-order valence-electron chi connectivity index (χ0n) is 9.97. The summed E-state index contributed by atoms with van der Waals surface area (Å²) in [7, 11) is 0. The van der Waals surface area contributed by atoms with E-state index in [0.29, 0.717) is 18.3 Å². The number of ether oxygens (including phenoxy) is 1. The standard InChI is InChI=1S/C12H16N4O/c1-3-17-10-6-4-5-9(7-10)12-14-11(8(2)13)15-16-12/h4-8H,3,13H2,1-2H3,(H,14,15,16). The van der Waals surface area contributed by atoms with E-state index in [1.54, 1.807) is 0 Å². The van der Waals surface area contributed by atoms with Crippen molar-refractivity contribution in [3.63, 3.8) is 0 Å². The molecule has 0 fully saturated rings. The van der Waals surface area contributed by atoms with E-state index in [1.165, 1.54) is 0 Å². The van der Waals surface area contributed by atoms with Crippen molar-refractivity contribution >= 4 is 0 Å². The summed E-state index contributed by atoms with van der Waals surface area (Å²) < 4.78 is 5.43. The number of aromatic nitrogens is 3. The van der Waals surface area contributed by atoms with Crippen LogP contribution in [0, 0.1) is 0 Å². The van der Waals surface area contributed by atoms with Crippen LogP contribution in [0.1, 0.15) is 25.7 Å². The monoisotopic (exact) mass is 232 g/mol. The summed E-state index contributed by atoms with van der Waals surface area (Å²) in [6, 6.07) is 7.54. The van der Waals surface area contributed by atoms with E-state index in [9.17, 15) is 0 Å². The minimum atomic E-state index is -0.147. The first kappa shape index (κ1) is 11.6. The third kappa shape index (κ3) is 2.62. The molecule has 0 aliphatic carbocycles. The van der Waals surface area contributed by atoms with E-state index < -0.39 is 0 Å². The number of aromatic amines is 1. The fourth-order valence-corrected chi connectivity index (χ4v) is 1.50. The van der Waals surface area contributed by atoms with Crippen LogP contribution in [0.2, 0.25) is 0 Å². The summed E-state index contributed by atoms with van der Waals surface area (Å²) in [6.45, 7) is 4.46. The van der Waals surface area contributed by atoms with Crippen LogP contribution in [0.4, 0.5) is 0 Å². The lowest BCUT2D eigenvalue weighted by Crippen LogP contribution is -2.06. The number of hydrogen-bond acceptors (Lipinski definition) is 4. The smallest absolute Gasteiger partial charge is 0.181 e. The van der Waals surface area contributed by atoms with Gasteiger partial charge in [0.25, 0.3) is 0 Å². The highest BCUT2D eigenvalue weighted by molar-refractivity contribution is 5.57. The highest BCUT2D eigenvalue weighted by Gasteiger charge is 2.09. The fourth-order valence-electron chi connectivity index (χ4n) is 1.50.